The lowest BCUT2D eigenvalue weighted by atomic mass is 10.2. The monoisotopic (exact) mass is 332 g/mol. The van der Waals surface area contributed by atoms with Crippen LogP contribution in [0.2, 0.25) is 0 Å². The second kappa shape index (κ2) is 6.51. The number of carbonyl (C=O) groups is 2. The summed E-state index contributed by atoms with van der Waals surface area (Å²) in [6, 6.07) is 2.61. The molecule has 0 radical (unpaired) electrons. The van der Waals surface area contributed by atoms with Crippen LogP contribution in [0.3, 0.4) is 0 Å². The molecule has 1 aromatic rings. The molecule has 0 fully saturated rings. The minimum atomic E-state index is -1.08. The lowest BCUT2D eigenvalue weighted by Gasteiger charge is -2.24. The van der Waals surface area contributed by atoms with Crippen molar-refractivity contribution in [3.8, 4) is 0 Å². The smallest absolute Gasteiger partial charge is 0.326 e. The molecule has 0 aliphatic rings. The Morgan fingerprint density at radius 2 is 2.16 bits per heavy atom. The molecular formula is C12H14BrFN2O3. The number of hydrogen-bond acceptors (Lipinski definition) is 2. The highest BCUT2D eigenvalue weighted by Gasteiger charge is 2.24. The van der Waals surface area contributed by atoms with Crippen LogP contribution in [0.5, 0.6) is 0 Å². The number of urea groups is 1. The molecule has 1 rings (SSSR count). The number of carboxylic acids is 1. The fourth-order valence-electron chi connectivity index (χ4n) is 1.54. The minimum Gasteiger partial charge on any atom is -0.480 e. The van der Waals surface area contributed by atoms with E-state index in [0.29, 0.717) is 0 Å². The molecule has 0 bridgehead atoms. The van der Waals surface area contributed by atoms with Gasteiger partial charge >= 0.3 is 12.0 Å². The maximum absolute atomic E-state index is 13.3. The van der Waals surface area contributed by atoms with E-state index in [1.807, 2.05) is 0 Å². The van der Waals surface area contributed by atoms with Crippen molar-refractivity contribution in [1.82, 2.24) is 4.90 Å². The van der Waals surface area contributed by atoms with Crippen LogP contribution in [0.25, 0.3) is 0 Å². The van der Waals surface area contributed by atoms with Gasteiger partial charge < -0.3 is 15.3 Å². The quantitative estimate of drug-likeness (QED) is 0.890. The van der Waals surface area contributed by atoms with Gasteiger partial charge in [0, 0.05) is 12.7 Å². The fourth-order valence-corrected chi connectivity index (χ4v) is 1.79. The summed E-state index contributed by atoms with van der Waals surface area (Å²) in [6.07, 6.45) is 0.286. The van der Waals surface area contributed by atoms with Gasteiger partial charge in [-0.15, -0.1) is 0 Å². The van der Waals surface area contributed by atoms with Gasteiger partial charge in [-0.25, -0.2) is 14.0 Å². The van der Waals surface area contributed by atoms with E-state index in [2.05, 4.69) is 21.2 Å². The average Bonchev–Trinajstić information content (AvgIpc) is 2.34. The molecule has 0 heterocycles. The summed E-state index contributed by atoms with van der Waals surface area (Å²) in [5.41, 5.74) is 0.262. The predicted octanol–water partition coefficient (Wildman–Crippen LogP) is 2.92. The third kappa shape index (κ3) is 3.92. The summed E-state index contributed by atoms with van der Waals surface area (Å²) in [5, 5.41) is 11.4. The lowest BCUT2D eigenvalue weighted by Crippen LogP contribution is -2.44. The highest BCUT2D eigenvalue weighted by molar-refractivity contribution is 9.10. The molecule has 19 heavy (non-hydrogen) atoms. The first-order valence-electron chi connectivity index (χ1n) is 5.58. The Morgan fingerprint density at radius 3 is 2.63 bits per heavy atom. The van der Waals surface area contributed by atoms with E-state index in [4.69, 9.17) is 5.11 Å². The van der Waals surface area contributed by atoms with Crippen molar-refractivity contribution < 1.29 is 19.1 Å². The number of carboxylic acid groups (broad SMARTS) is 1. The molecule has 104 valence electrons. The van der Waals surface area contributed by atoms with Gasteiger partial charge in [0.05, 0.1) is 4.47 Å². The first-order valence-corrected chi connectivity index (χ1v) is 6.37. The topological polar surface area (TPSA) is 69.6 Å². The number of nitrogens with zero attached hydrogens (tertiary/aromatic N) is 1. The van der Waals surface area contributed by atoms with Crippen LogP contribution in [0.15, 0.2) is 22.7 Å². The number of nitrogens with one attached hydrogen (secondary N) is 1. The maximum atomic E-state index is 13.3. The number of hydrogen-bond donors (Lipinski definition) is 2. The molecule has 7 heteroatoms. The molecule has 0 aliphatic heterocycles. The standard InChI is InChI=1S/C12H14BrFN2O3/c1-3-10(11(17)18)16(2)12(19)15-7-4-5-8(13)9(14)6-7/h4-6,10H,3H2,1-2H3,(H,15,19)(H,17,18). The number of halogens is 2. The van der Waals surface area contributed by atoms with Crippen molar-refractivity contribution in [3.05, 3.63) is 28.5 Å². The molecule has 0 aromatic heterocycles. The van der Waals surface area contributed by atoms with E-state index in [1.54, 1.807) is 6.92 Å². The molecule has 5 nitrogen and oxygen atoms in total. The zero-order chi connectivity index (χ0) is 14.6. The Balaban J connectivity index is 2.78. The van der Waals surface area contributed by atoms with E-state index in [1.165, 1.54) is 19.2 Å². The van der Waals surface area contributed by atoms with Crippen molar-refractivity contribution in [2.24, 2.45) is 0 Å². The summed E-state index contributed by atoms with van der Waals surface area (Å²) in [5.74, 6) is -1.59. The zero-order valence-corrected chi connectivity index (χ0v) is 12.1. The van der Waals surface area contributed by atoms with E-state index >= 15 is 0 Å². The number of benzene rings is 1. The first kappa shape index (κ1) is 15.4. The fraction of sp³-hybridized carbons (Fsp3) is 0.333. The SMILES string of the molecule is CCC(C(=O)O)N(C)C(=O)Nc1ccc(Br)c(F)c1. The molecule has 0 aliphatic carbocycles. The number of amides is 2. The predicted molar refractivity (Wildman–Crippen MR) is 72.6 cm³/mol. The molecule has 1 aromatic carbocycles. The van der Waals surface area contributed by atoms with Crippen LogP contribution in [-0.4, -0.2) is 35.1 Å². The maximum Gasteiger partial charge on any atom is 0.326 e. The molecule has 0 spiro atoms. The van der Waals surface area contributed by atoms with Crippen molar-refractivity contribution in [1.29, 1.82) is 0 Å². The number of rotatable bonds is 4. The third-order valence-corrected chi connectivity index (χ3v) is 3.27. The molecule has 1 unspecified atom stereocenters. The highest BCUT2D eigenvalue weighted by atomic mass is 79.9. The van der Waals surface area contributed by atoms with Crippen LogP contribution < -0.4 is 5.32 Å². The lowest BCUT2D eigenvalue weighted by molar-refractivity contribution is -0.141. The molecule has 1 atom stereocenters. The van der Waals surface area contributed by atoms with E-state index < -0.39 is 23.9 Å². The number of likely N-dealkylation sites (N-methyl/N-ethyl adjacent to an activating group) is 1. The van der Waals surface area contributed by atoms with Crippen LogP contribution in [0, 0.1) is 5.82 Å². The minimum absolute atomic E-state index is 0.262. The molecule has 2 amide bonds. The van der Waals surface area contributed by atoms with Gasteiger partial charge in [0.15, 0.2) is 0 Å². The van der Waals surface area contributed by atoms with Gasteiger partial charge in [0.25, 0.3) is 0 Å². The average molecular weight is 333 g/mol. The molecular weight excluding hydrogens is 319 g/mol. The number of aliphatic carboxylic acids is 1. The van der Waals surface area contributed by atoms with Gasteiger partial charge in [-0.3, -0.25) is 0 Å². The van der Waals surface area contributed by atoms with Gasteiger partial charge in [0.1, 0.15) is 11.9 Å². The second-order valence-corrected chi connectivity index (χ2v) is 4.79. The zero-order valence-electron chi connectivity index (χ0n) is 10.5. The Kier molecular flexibility index (Phi) is 5.29. The summed E-state index contributed by atoms with van der Waals surface area (Å²) in [7, 11) is 1.38. The normalized spacial score (nSPS) is 11.8. The Morgan fingerprint density at radius 1 is 1.53 bits per heavy atom. The van der Waals surface area contributed by atoms with Crippen LogP contribution in [0.4, 0.5) is 14.9 Å². The van der Waals surface area contributed by atoms with Gasteiger partial charge in [0.2, 0.25) is 0 Å². The number of anilines is 1. The van der Waals surface area contributed by atoms with E-state index in [0.717, 1.165) is 11.0 Å². The Hall–Kier alpha value is -1.63. The van der Waals surface area contributed by atoms with Crippen molar-refractivity contribution in [2.75, 3.05) is 12.4 Å². The van der Waals surface area contributed by atoms with Crippen molar-refractivity contribution in [2.45, 2.75) is 19.4 Å². The summed E-state index contributed by atoms with van der Waals surface area (Å²) in [6.45, 7) is 1.67. The highest BCUT2D eigenvalue weighted by Crippen LogP contribution is 2.19. The molecule has 2 N–H and O–H groups in total. The van der Waals surface area contributed by atoms with Crippen LogP contribution in [0.1, 0.15) is 13.3 Å². The summed E-state index contributed by atoms with van der Waals surface area (Å²) < 4.78 is 13.6. The van der Waals surface area contributed by atoms with Gasteiger partial charge in [-0.05, 0) is 40.5 Å². The van der Waals surface area contributed by atoms with Crippen LogP contribution in [-0.2, 0) is 4.79 Å². The Labute approximate surface area is 118 Å². The van der Waals surface area contributed by atoms with Gasteiger partial charge in [-0.2, -0.15) is 0 Å². The molecule has 0 saturated carbocycles. The summed E-state index contributed by atoms with van der Waals surface area (Å²) in [4.78, 5) is 23.8. The van der Waals surface area contributed by atoms with Crippen LogP contribution >= 0.6 is 15.9 Å². The number of carbonyl (C=O) groups excluding carboxylic acids is 1. The van der Waals surface area contributed by atoms with Crippen molar-refractivity contribution >= 4 is 33.6 Å². The van der Waals surface area contributed by atoms with Gasteiger partial charge in [-0.1, -0.05) is 6.92 Å². The van der Waals surface area contributed by atoms with E-state index in [-0.39, 0.29) is 16.6 Å². The van der Waals surface area contributed by atoms with Crippen molar-refractivity contribution in [3.63, 3.8) is 0 Å². The molecule has 0 saturated heterocycles. The summed E-state index contributed by atoms with van der Waals surface area (Å²) >= 11 is 3.00. The second-order valence-electron chi connectivity index (χ2n) is 3.93. The third-order valence-electron chi connectivity index (χ3n) is 2.63. The first-order chi connectivity index (χ1) is 8.86. The van der Waals surface area contributed by atoms with E-state index in [9.17, 15) is 14.0 Å². The Bertz CT molecular complexity index is 496. The largest absolute Gasteiger partial charge is 0.480 e.